The first kappa shape index (κ1) is 18.2. The van der Waals surface area contributed by atoms with Gasteiger partial charge in [-0.3, -0.25) is 4.79 Å². The van der Waals surface area contributed by atoms with Crippen molar-refractivity contribution in [2.75, 3.05) is 12.9 Å². The van der Waals surface area contributed by atoms with Gasteiger partial charge in [0.15, 0.2) is 5.76 Å². The highest BCUT2D eigenvalue weighted by molar-refractivity contribution is 7.99. The fraction of sp³-hybridized carbons (Fsp3) is 0.200. The van der Waals surface area contributed by atoms with Crippen molar-refractivity contribution in [1.82, 2.24) is 20.2 Å². The minimum absolute atomic E-state index is 0.0855. The van der Waals surface area contributed by atoms with E-state index in [1.165, 1.54) is 11.8 Å². The van der Waals surface area contributed by atoms with Crippen LogP contribution < -0.4 is 4.74 Å². The van der Waals surface area contributed by atoms with Crippen LogP contribution in [-0.4, -0.2) is 38.9 Å². The molecule has 0 N–H and O–H groups in total. The summed E-state index contributed by atoms with van der Waals surface area (Å²) in [5, 5.41) is 13.3. The van der Waals surface area contributed by atoms with Crippen molar-refractivity contribution < 1.29 is 13.9 Å². The van der Waals surface area contributed by atoms with Crippen molar-refractivity contribution in [2.45, 2.75) is 18.6 Å². The predicted molar refractivity (Wildman–Crippen MR) is 106 cm³/mol. The van der Waals surface area contributed by atoms with E-state index in [4.69, 9.17) is 9.15 Å². The predicted octanol–water partition coefficient (Wildman–Crippen LogP) is 3.76. The Morgan fingerprint density at radius 2 is 1.96 bits per heavy atom. The molecule has 4 aromatic rings. The second-order valence-electron chi connectivity index (χ2n) is 6.23. The Morgan fingerprint density at radius 1 is 1.18 bits per heavy atom. The van der Waals surface area contributed by atoms with Crippen LogP contribution in [0.4, 0.5) is 0 Å². The molecule has 0 radical (unpaired) electrons. The lowest BCUT2D eigenvalue weighted by Crippen LogP contribution is -2.07. The molecule has 0 spiro atoms. The maximum atomic E-state index is 12.7. The number of rotatable bonds is 7. The number of tetrazole rings is 1. The lowest BCUT2D eigenvalue weighted by Gasteiger charge is -2.05. The molecule has 0 bridgehead atoms. The van der Waals surface area contributed by atoms with Crippen LogP contribution in [0.25, 0.3) is 11.0 Å². The number of aromatic nitrogens is 4. The van der Waals surface area contributed by atoms with E-state index in [0.29, 0.717) is 17.5 Å². The van der Waals surface area contributed by atoms with Gasteiger partial charge in [-0.25, -0.2) is 4.68 Å². The zero-order valence-electron chi connectivity index (χ0n) is 15.5. The topological polar surface area (TPSA) is 83.0 Å². The minimum Gasteiger partial charge on any atom is -0.497 e. The molecular weight excluding hydrogens is 376 g/mol. The molecule has 8 heteroatoms. The van der Waals surface area contributed by atoms with Gasteiger partial charge in [0.2, 0.25) is 10.9 Å². The lowest BCUT2D eigenvalue weighted by atomic mass is 10.1. The molecule has 28 heavy (non-hydrogen) atoms. The van der Waals surface area contributed by atoms with Crippen LogP contribution in [0, 0.1) is 6.92 Å². The number of hydrogen-bond donors (Lipinski definition) is 0. The number of fused-ring (bicyclic) bond motifs is 1. The number of thioether (sulfide) groups is 1. The molecule has 0 aliphatic rings. The second kappa shape index (κ2) is 7.85. The van der Waals surface area contributed by atoms with Crippen molar-refractivity contribution in [2.24, 2.45) is 0 Å². The maximum absolute atomic E-state index is 12.7. The Hall–Kier alpha value is -3.13. The molecule has 0 aliphatic carbocycles. The summed E-state index contributed by atoms with van der Waals surface area (Å²) in [4.78, 5) is 12.7. The number of hydrogen-bond acceptors (Lipinski definition) is 7. The van der Waals surface area contributed by atoms with E-state index in [1.807, 2.05) is 55.5 Å². The first-order valence-electron chi connectivity index (χ1n) is 8.69. The molecule has 142 valence electrons. The normalized spacial score (nSPS) is 11.1. The highest BCUT2D eigenvalue weighted by Crippen LogP contribution is 2.27. The van der Waals surface area contributed by atoms with Gasteiger partial charge in [0.05, 0.1) is 19.4 Å². The molecule has 0 amide bonds. The minimum atomic E-state index is -0.0855. The summed E-state index contributed by atoms with van der Waals surface area (Å²) < 4.78 is 12.6. The van der Waals surface area contributed by atoms with E-state index >= 15 is 0 Å². The zero-order valence-corrected chi connectivity index (χ0v) is 16.3. The fourth-order valence-corrected chi connectivity index (χ4v) is 3.67. The van der Waals surface area contributed by atoms with Gasteiger partial charge < -0.3 is 9.15 Å². The molecule has 2 aromatic carbocycles. The molecule has 0 fully saturated rings. The third-order valence-corrected chi connectivity index (χ3v) is 5.38. The van der Waals surface area contributed by atoms with Gasteiger partial charge in [-0.2, -0.15) is 0 Å². The largest absolute Gasteiger partial charge is 0.497 e. The molecular formula is C20H18N4O3S. The lowest BCUT2D eigenvalue weighted by molar-refractivity contribution is 0.0993. The number of para-hydroxylation sites is 1. The summed E-state index contributed by atoms with van der Waals surface area (Å²) >= 11 is 1.29. The van der Waals surface area contributed by atoms with Crippen molar-refractivity contribution in [1.29, 1.82) is 0 Å². The van der Waals surface area contributed by atoms with E-state index in [0.717, 1.165) is 27.8 Å². The standard InChI is InChI=1S/C20H18N4O3S/c1-13-16-5-3-4-6-18(16)27-19(13)17(25)12-28-20-21-22-23-24(20)11-14-7-9-15(26-2)10-8-14/h3-10H,11-12H2,1-2H3. The number of methoxy groups -OCH3 is 1. The van der Waals surface area contributed by atoms with E-state index in [-0.39, 0.29) is 11.5 Å². The molecule has 2 heterocycles. The van der Waals surface area contributed by atoms with E-state index in [9.17, 15) is 4.79 Å². The summed E-state index contributed by atoms with van der Waals surface area (Å²) in [7, 11) is 1.63. The van der Waals surface area contributed by atoms with Gasteiger partial charge in [-0.15, -0.1) is 5.10 Å². The summed E-state index contributed by atoms with van der Waals surface area (Å²) in [6.07, 6.45) is 0. The highest BCUT2D eigenvalue weighted by Gasteiger charge is 2.19. The summed E-state index contributed by atoms with van der Waals surface area (Å²) in [5.41, 5.74) is 2.62. The van der Waals surface area contributed by atoms with Gasteiger partial charge in [0.25, 0.3) is 0 Å². The van der Waals surface area contributed by atoms with Crippen LogP contribution in [0.2, 0.25) is 0 Å². The Bertz CT molecular complexity index is 1120. The second-order valence-corrected chi connectivity index (χ2v) is 7.17. The van der Waals surface area contributed by atoms with E-state index < -0.39 is 0 Å². The zero-order chi connectivity index (χ0) is 19.5. The van der Waals surface area contributed by atoms with Crippen molar-refractivity contribution in [3.05, 3.63) is 65.4 Å². The van der Waals surface area contributed by atoms with Crippen molar-refractivity contribution in [3.63, 3.8) is 0 Å². The van der Waals surface area contributed by atoms with E-state index in [1.54, 1.807) is 11.8 Å². The number of Topliss-reactive ketones (excluding diaryl/α,β-unsaturated/α-hetero) is 1. The van der Waals surface area contributed by atoms with Crippen LogP contribution in [0.15, 0.2) is 58.1 Å². The summed E-state index contributed by atoms with van der Waals surface area (Å²) in [6.45, 7) is 2.41. The number of nitrogens with zero attached hydrogens (tertiary/aromatic N) is 4. The van der Waals surface area contributed by atoms with Crippen LogP contribution in [0.5, 0.6) is 5.75 Å². The number of carbonyl (C=O) groups is 1. The molecule has 0 atom stereocenters. The maximum Gasteiger partial charge on any atom is 0.210 e. The van der Waals surface area contributed by atoms with Crippen LogP contribution >= 0.6 is 11.8 Å². The van der Waals surface area contributed by atoms with Crippen molar-refractivity contribution in [3.8, 4) is 5.75 Å². The van der Waals surface area contributed by atoms with Crippen LogP contribution in [-0.2, 0) is 6.54 Å². The number of benzene rings is 2. The molecule has 2 aromatic heterocycles. The molecule has 0 aliphatic heterocycles. The first-order valence-corrected chi connectivity index (χ1v) is 9.67. The van der Waals surface area contributed by atoms with Crippen molar-refractivity contribution >= 4 is 28.5 Å². The Balaban J connectivity index is 1.45. The molecule has 4 rings (SSSR count). The van der Waals surface area contributed by atoms with Gasteiger partial charge in [-0.1, -0.05) is 42.1 Å². The van der Waals surface area contributed by atoms with Crippen LogP contribution in [0.3, 0.4) is 0 Å². The molecule has 0 saturated heterocycles. The summed E-state index contributed by atoms with van der Waals surface area (Å²) in [6, 6.07) is 15.3. The smallest absolute Gasteiger partial charge is 0.210 e. The summed E-state index contributed by atoms with van der Waals surface area (Å²) in [5.74, 6) is 1.30. The molecule has 0 unspecified atom stereocenters. The number of ether oxygens (including phenoxy) is 1. The third-order valence-electron chi connectivity index (χ3n) is 4.42. The van der Waals surface area contributed by atoms with Gasteiger partial charge >= 0.3 is 0 Å². The third kappa shape index (κ3) is 3.63. The first-order chi connectivity index (χ1) is 13.7. The van der Waals surface area contributed by atoms with Gasteiger partial charge in [-0.05, 0) is 41.1 Å². The monoisotopic (exact) mass is 394 g/mol. The highest BCUT2D eigenvalue weighted by atomic mass is 32.2. The Labute approximate surface area is 165 Å². The fourth-order valence-electron chi connectivity index (χ4n) is 2.94. The average Bonchev–Trinajstić information content (AvgIpc) is 3.31. The Kier molecular flexibility index (Phi) is 5.12. The van der Waals surface area contributed by atoms with Gasteiger partial charge in [0.1, 0.15) is 11.3 Å². The number of furan rings is 1. The molecule has 0 saturated carbocycles. The van der Waals surface area contributed by atoms with Gasteiger partial charge in [0, 0.05) is 10.9 Å². The van der Waals surface area contributed by atoms with Crippen LogP contribution in [0.1, 0.15) is 21.7 Å². The Morgan fingerprint density at radius 3 is 2.71 bits per heavy atom. The number of aryl methyl sites for hydroxylation is 1. The SMILES string of the molecule is COc1ccc(Cn2nnnc2SCC(=O)c2oc3ccccc3c2C)cc1. The average molecular weight is 394 g/mol. The number of carbonyl (C=O) groups excluding carboxylic acids is 1. The molecule has 7 nitrogen and oxygen atoms in total. The number of ketones is 1. The quantitative estimate of drug-likeness (QED) is 0.349. The van der Waals surface area contributed by atoms with E-state index in [2.05, 4.69) is 15.5 Å².